The summed E-state index contributed by atoms with van der Waals surface area (Å²) in [7, 11) is 1.49. The Balaban J connectivity index is 2.15. The van der Waals surface area contributed by atoms with Gasteiger partial charge in [0.05, 0.1) is 13.7 Å². The van der Waals surface area contributed by atoms with Crippen molar-refractivity contribution in [2.45, 2.75) is 38.4 Å². The molecule has 9 heteroatoms. The van der Waals surface area contributed by atoms with E-state index >= 15 is 0 Å². The molecule has 1 aliphatic heterocycles. The minimum Gasteiger partial charge on any atom is -0.479 e. The number of aryl methyl sites for hydroxylation is 2. The van der Waals surface area contributed by atoms with Gasteiger partial charge in [0.25, 0.3) is 0 Å². The van der Waals surface area contributed by atoms with Crippen molar-refractivity contribution in [3.8, 4) is 5.88 Å². The average Bonchev–Trinajstić information content (AvgIpc) is 2.96. The van der Waals surface area contributed by atoms with Crippen LogP contribution in [0, 0.1) is 13.8 Å². The summed E-state index contributed by atoms with van der Waals surface area (Å²) < 4.78 is 12.3. The molecule has 0 amide bonds. The van der Waals surface area contributed by atoms with Gasteiger partial charge < -0.3 is 24.8 Å². The highest BCUT2D eigenvalue weighted by Crippen LogP contribution is 2.34. The first-order valence-electron chi connectivity index (χ1n) is 6.87. The molecule has 9 nitrogen and oxygen atoms in total. The zero-order valence-corrected chi connectivity index (χ0v) is 12.5. The number of aliphatic hydroxyl groups excluding tert-OH is 3. The Hall–Kier alpha value is -1.81. The summed E-state index contributed by atoms with van der Waals surface area (Å²) in [6.07, 6.45) is -4.14. The van der Waals surface area contributed by atoms with Crippen LogP contribution in [-0.2, 0) is 4.74 Å². The Morgan fingerprint density at radius 3 is 2.50 bits per heavy atom. The van der Waals surface area contributed by atoms with E-state index in [1.54, 1.807) is 18.4 Å². The lowest BCUT2D eigenvalue weighted by molar-refractivity contribution is -0.0519. The van der Waals surface area contributed by atoms with E-state index < -0.39 is 31.1 Å². The van der Waals surface area contributed by atoms with Gasteiger partial charge in [0.1, 0.15) is 30.0 Å². The highest BCUT2D eigenvalue weighted by Gasteiger charge is 2.44. The summed E-state index contributed by atoms with van der Waals surface area (Å²) >= 11 is 0. The molecular formula is C13H18N4O5. The number of ether oxygens (including phenoxy) is 2. The summed E-state index contributed by atoms with van der Waals surface area (Å²) in [6.45, 7) is 3.05. The van der Waals surface area contributed by atoms with E-state index in [1.165, 1.54) is 7.11 Å². The maximum absolute atomic E-state index is 10.2. The Kier molecular flexibility index (Phi) is 3.73. The molecule has 3 N–H and O–H groups in total. The summed E-state index contributed by atoms with van der Waals surface area (Å²) in [4.78, 5) is 12.9. The molecule has 3 heterocycles. The molecule has 0 radical (unpaired) electrons. The minimum atomic E-state index is -1.20. The largest absolute Gasteiger partial charge is 0.479 e. The topological polar surface area (TPSA) is 123 Å². The summed E-state index contributed by atoms with van der Waals surface area (Å²) in [6, 6.07) is 0. The third-order valence-electron chi connectivity index (χ3n) is 3.76. The van der Waals surface area contributed by atoms with Gasteiger partial charge in [-0.1, -0.05) is 0 Å². The fraction of sp³-hybridized carbons (Fsp3) is 0.615. The van der Waals surface area contributed by atoms with E-state index in [1.807, 2.05) is 0 Å². The predicted octanol–water partition coefficient (Wildman–Crippen LogP) is -0.937. The SMILES string of the molecule is COc1nc(C)nc2c1nc(C)n2[C@@H]1O[C@H](CO)[C@@H](O)[C@H]1O. The lowest BCUT2D eigenvalue weighted by atomic mass is 10.1. The average molecular weight is 310 g/mol. The first-order valence-corrected chi connectivity index (χ1v) is 6.87. The van der Waals surface area contributed by atoms with Gasteiger partial charge in [-0.05, 0) is 13.8 Å². The molecule has 0 saturated carbocycles. The van der Waals surface area contributed by atoms with E-state index in [2.05, 4.69) is 15.0 Å². The molecule has 1 aliphatic rings. The first kappa shape index (κ1) is 15.1. The molecule has 4 atom stereocenters. The Labute approximate surface area is 126 Å². The number of methoxy groups -OCH3 is 1. The van der Waals surface area contributed by atoms with Gasteiger partial charge in [-0.2, -0.15) is 4.98 Å². The normalized spacial score (nSPS) is 28.5. The second-order valence-electron chi connectivity index (χ2n) is 5.21. The molecule has 2 aromatic heterocycles. The van der Waals surface area contributed by atoms with E-state index in [0.717, 1.165) is 0 Å². The zero-order valence-electron chi connectivity index (χ0n) is 12.5. The molecule has 22 heavy (non-hydrogen) atoms. The zero-order chi connectivity index (χ0) is 16.0. The third kappa shape index (κ3) is 2.13. The summed E-state index contributed by atoms with van der Waals surface area (Å²) in [5.74, 6) is 1.34. The van der Waals surface area contributed by atoms with E-state index in [9.17, 15) is 15.3 Å². The third-order valence-corrected chi connectivity index (χ3v) is 3.76. The van der Waals surface area contributed by atoms with Crippen LogP contribution in [0.15, 0.2) is 0 Å². The number of hydrogen-bond acceptors (Lipinski definition) is 8. The van der Waals surface area contributed by atoms with E-state index in [0.29, 0.717) is 28.7 Å². The molecule has 120 valence electrons. The maximum Gasteiger partial charge on any atom is 0.245 e. The number of hydrogen-bond donors (Lipinski definition) is 3. The molecule has 0 aliphatic carbocycles. The van der Waals surface area contributed by atoms with Crippen molar-refractivity contribution in [3.63, 3.8) is 0 Å². The van der Waals surface area contributed by atoms with E-state index in [-0.39, 0.29) is 0 Å². The van der Waals surface area contributed by atoms with Crippen LogP contribution in [-0.4, -0.2) is 66.9 Å². The maximum atomic E-state index is 10.2. The van der Waals surface area contributed by atoms with Crippen molar-refractivity contribution in [3.05, 3.63) is 11.6 Å². The van der Waals surface area contributed by atoms with Gasteiger partial charge in [0.2, 0.25) is 5.88 Å². The molecule has 0 spiro atoms. The first-order chi connectivity index (χ1) is 10.5. The monoisotopic (exact) mass is 310 g/mol. The van der Waals surface area contributed by atoms with Gasteiger partial charge in [0, 0.05) is 0 Å². The van der Waals surface area contributed by atoms with Crippen molar-refractivity contribution < 1.29 is 24.8 Å². The van der Waals surface area contributed by atoms with Crippen LogP contribution < -0.4 is 4.74 Å². The number of aromatic nitrogens is 4. The van der Waals surface area contributed by atoms with Crippen molar-refractivity contribution in [2.75, 3.05) is 13.7 Å². The summed E-state index contributed by atoms with van der Waals surface area (Å²) in [5, 5.41) is 29.3. The lowest BCUT2D eigenvalue weighted by Gasteiger charge is -2.18. The second-order valence-corrected chi connectivity index (χ2v) is 5.21. The number of aliphatic hydroxyl groups is 3. The Morgan fingerprint density at radius 1 is 1.18 bits per heavy atom. The minimum absolute atomic E-state index is 0.330. The van der Waals surface area contributed by atoms with E-state index in [4.69, 9.17) is 9.47 Å². The molecule has 0 aromatic carbocycles. The highest BCUT2D eigenvalue weighted by molar-refractivity contribution is 5.77. The van der Waals surface area contributed by atoms with Crippen LogP contribution >= 0.6 is 0 Å². The molecule has 3 rings (SSSR count). The molecule has 0 unspecified atom stereocenters. The van der Waals surface area contributed by atoms with Crippen LogP contribution in [0.1, 0.15) is 17.9 Å². The van der Waals surface area contributed by atoms with Crippen molar-refractivity contribution in [1.29, 1.82) is 0 Å². The number of imidazole rings is 1. The van der Waals surface area contributed by atoms with Crippen LogP contribution in [0.3, 0.4) is 0 Å². The fourth-order valence-corrected chi connectivity index (χ4v) is 2.70. The second kappa shape index (κ2) is 5.43. The van der Waals surface area contributed by atoms with Crippen LogP contribution in [0.2, 0.25) is 0 Å². The molecule has 0 bridgehead atoms. The quantitative estimate of drug-likeness (QED) is 0.664. The predicted molar refractivity (Wildman–Crippen MR) is 74.4 cm³/mol. The number of nitrogens with zero attached hydrogens (tertiary/aromatic N) is 4. The molecule has 2 aromatic rings. The van der Waals surface area contributed by atoms with Crippen molar-refractivity contribution in [1.82, 2.24) is 19.5 Å². The molecular weight excluding hydrogens is 292 g/mol. The van der Waals surface area contributed by atoms with Crippen LogP contribution in [0.25, 0.3) is 11.2 Å². The lowest BCUT2D eigenvalue weighted by Crippen LogP contribution is -2.33. The van der Waals surface area contributed by atoms with Gasteiger partial charge in [-0.25, -0.2) is 9.97 Å². The van der Waals surface area contributed by atoms with Gasteiger partial charge in [0.15, 0.2) is 17.4 Å². The highest BCUT2D eigenvalue weighted by atomic mass is 16.6. The van der Waals surface area contributed by atoms with Crippen molar-refractivity contribution >= 4 is 11.2 Å². The van der Waals surface area contributed by atoms with Gasteiger partial charge in [-0.3, -0.25) is 4.57 Å². The number of fused-ring (bicyclic) bond motifs is 1. The molecule has 1 fully saturated rings. The number of rotatable bonds is 3. The summed E-state index contributed by atoms with van der Waals surface area (Å²) in [5.41, 5.74) is 0.889. The van der Waals surface area contributed by atoms with Crippen LogP contribution in [0.5, 0.6) is 5.88 Å². The Bertz CT molecular complexity index is 703. The van der Waals surface area contributed by atoms with Crippen LogP contribution in [0.4, 0.5) is 0 Å². The molecule has 1 saturated heterocycles. The van der Waals surface area contributed by atoms with Gasteiger partial charge >= 0.3 is 0 Å². The van der Waals surface area contributed by atoms with Crippen molar-refractivity contribution in [2.24, 2.45) is 0 Å². The van der Waals surface area contributed by atoms with Gasteiger partial charge in [-0.15, -0.1) is 0 Å². The Morgan fingerprint density at radius 2 is 1.91 bits per heavy atom. The fourth-order valence-electron chi connectivity index (χ4n) is 2.70. The smallest absolute Gasteiger partial charge is 0.245 e. The standard InChI is InChI=1S/C13H18N4O5/c1-5-14-11-8(12(15-5)21-3)16-6(2)17(11)13-10(20)9(19)7(4-18)22-13/h7,9-10,13,18-20H,4H2,1-3H3/t7-,9-,10-,13-/m1/s1.